The number of carbonyl (C=O) groups excluding carboxylic acids is 1. The van der Waals surface area contributed by atoms with Gasteiger partial charge in [0.15, 0.2) is 0 Å². The number of carboxylic acid groups (broad SMARTS) is 1. The molecule has 1 unspecified atom stereocenters. The number of rotatable bonds is 4. The summed E-state index contributed by atoms with van der Waals surface area (Å²) in [5.74, 6) is -1.24. The van der Waals surface area contributed by atoms with Gasteiger partial charge in [-0.2, -0.15) is 0 Å². The highest BCUT2D eigenvalue weighted by atomic mass is 32.1. The van der Waals surface area contributed by atoms with Gasteiger partial charge in [-0.1, -0.05) is 13.8 Å². The lowest BCUT2D eigenvalue weighted by Gasteiger charge is -2.06. The van der Waals surface area contributed by atoms with Crippen LogP contribution in [0.25, 0.3) is 0 Å². The Bertz CT molecular complexity index is 401. The molecule has 5 nitrogen and oxygen atoms in total. The third-order valence-electron chi connectivity index (χ3n) is 1.97. The van der Waals surface area contributed by atoms with Crippen molar-refractivity contribution in [3.63, 3.8) is 0 Å². The van der Waals surface area contributed by atoms with E-state index in [2.05, 4.69) is 10.3 Å². The second kappa shape index (κ2) is 5.07. The molecular formula is C10H14N2O3S. The van der Waals surface area contributed by atoms with Crippen LogP contribution in [0.4, 0.5) is 0 Å². The van der Waals surface area contributed by atoms with Gasteiger partial charge in [-0.05, 0) is 6.92 Å². The van der Waals surface area contributed by atoms with Crippen molar-refractivity contribution in [2.45, 2.75) is 32.7 Å². The van der Waals surface area contributed by atoms with Crippen molar-refractivity contribution in [2.24, 2.45) is 0 Å². The Morgan fingerprint density at radius 1 is 1.44 bits per heavy atom. The Balaban J connectivity index is 2.70. The summed E-state index contributed by atoms with van der Waals surface area (Å²) in [7, 11) is 0. The van der Waals surface area contributed by atoms with E-state index in [1.165, 1.54) is 18.3 Å². The van der Waals surface area contributed by atoms with E-state index in [-0.39, 0.29) is 11.6 Å². The largest absolute Gasteiger partial charge is 0.480 e. The number of carbonyl (C=O) groups is 2. The number of carboxylic acids is 1. The van der Waals surface area contributed by atoms with Crippen molar-refractivity contribution in [2.75, 3.05) is 0 Å². The molecule has 0 saturated heterocycles. The average Bonchev–Trinajstić information content (AvgIpc) is 2.65. The number of aromatic nitrogens is 1. The summed E-state index contributed by atoms with van der Waals surface area (Å²) in [4.78, 5) is 26.2. The van der Waals surface area contributed by atoms with Gasteiger partial charge in [0.25, 0.3) is 5.91 Å². The third-order valence-corrected chi connectivity index (χ3v) is 3.11. The van der Waals surface area contributed by atoms with Gasteiger partial charge in [0.2, 0.25) is 0 Å². The van der Waals surface area contributed by atoms with Crippen LogP contribution in [-0.2, 0) is 4.79 Å². The lowest BCUT2D eigenvalue weighted by Crippen LogP contribution is -2.38. The molecule has 16 heavy (non-hydrogen) atoms. The second-order valence-corrected chi connectivity index (χ2v) is 4.65. The first-order valence-electron chi connectivity index (χ1n) is 4.91. The minimum absolute atomic E-state index is 0.267. The van der Waals surface area contributed by atoms with Gasteiger partial charge in [-0.25, -0.2) is 4.98 Å². The van der Waals surface area contributed by atoms with Gasteiger partial charge in [-0.15, -0.1) is 11.3 Å². The van der Waals surface area contributed by atoms with Crippen LogP contribution in [0.2, 0.25) is 0 Å². The molecule has 0 aliphatic rings. The molecule has 0 spiro atoms. The molecule has 6 heteroatoms. The molecule has 1 heterocycles. The first-order chi connectivity index (χ1) is 7.41. The Morgan fingerprint density at radius 2 is 2.06 bits per heavy atom. The van der Waals surface area contributed by atoms with E-state index in [1.54, 1.807) is 5.38 Å². The minimum atomic E-state index is -1.06. The summed E-state index contributed by atoms with van der Waals surface area (Å²) in [5.41, 5.74) is 0.279. The zero-order valence-corrected chi connectivity index (χ0v) is 10.2. The number of thiazole rings is 1. The van der Waals surface area contributed by atoms with Crippen LogP contribution in [-0.4, -0.2) is 28.0 Å². The van der Waals surface area contributed by atoms with Crippen molar-refractivity contribution in [3.05, 3.63) is 16.1 Å². The third kappa shape index (κ3) is 3.03. The molecule has 1 amide bonds. The smallest absolute Gasteiger partial charge is 0.325 e. The molecule has 0 aliphatic carbocycles. The fourth-order valence-corrected chi connectivity index (χ4v) is 1.80. The van der Waals surface area contributed by atoms with Gasteiger partial charge >= 0.3 is 5.97 Å². The van der Waals surface area contributed by atoms with Crippen molar-refractivity contribution >= 4 is 23.2 Å². The Hall–Kier alpha value is -1.43. The maximum Gasteiger partial charge on any atom is 0.325 e. The predicted molar refractivity (Wildman–Crippen MR) is 60.8 cm³/mol. The highest BCUT2D eigenvalue weighted by Gasteiger charge is 2.17. The average molecular weight is 242 g/mol. The fourth-order valence-electron chi connectivity index (χ4n) is 0.989. The number of hydrogen-bond donors (Lipinski definition) is 2. The van der Waals surface area contributed by atoms with Crippen LogP contribution in [0.1, 0.15) is 42.2 Å². The zero-order chi connectivity index (χ0) is 12.3. The first-order valence-corrected chi connectivity index (χ1v) is 5.79. The maximum atomic E-state index is 11.6. The second-order valence-electron chi connectivity index (χ2n) is 3.76. The molecule has 0 radical (unpaired) electrons. The molecule has 88 valence electrons. The first kappa shape index (κ1) is 12.6. The number of hydrogen-bond acceptors (Lipinski definition) is 4. The van der Waals surface area contributed by atoms with Crippen LogP contribution in [0.15, 0.2) is 5.38 Å². The Labute approximate surface area is 97.5 Å². The van der Waals surface area contributed by atoms with E-state index >= 15 is 0 Å². The monoisotopic (exact) mass is 242 g/mol. The Kier molecular flexibility index (Phi) is 4.00. The predicted octanol–water partition coefficient (Wildman–Crippen LogP) is 1.47. The molecule has 0 aromatic carbocycles. The van der Waals surface area contributed by atoms with Crippen molar-refractivity contribution in [3.8, 4) is 0 Å². The highest BCUT2D eigenvalue weighted by Crippen LogP contribution is 2.18. The summed E-state index contributed by atoms with van der Waals surface area (Å²) in [5, 5.41) is 13.5. The topological polar surface area (TPSA) is 79.3 Å². The normalized spacial score (nSPS) is 12.5. The van der Waals surface area contributed by atoms with E-state index in [1.807, 2.05) is 13.8 Å². The number of amides is 1. The molecule has 2 N–H and O–H groups in total. The molecule has 1 aromatic heterocycles. The molecule has 0 aliphatic heterocycles. The van der Waals surface area contributed by atoms with Gasteiger partial charge in [0.05, 0.1) is 5.01 Å². The lowest BCUT2D eigenvalue weighted by molar-refractivity contribution is -0.138. The van der Waals surface area contributed by atoms with Gasteiger partial charge < -0.3 is 10.4 Å². The zero-order valence-electron chi connectivity index (χ0n) is 9.35. The molecule has 1 atom stereocenters. The summed E-state index contributed by atoms with van der Waals surface area (Å²) < 4.78 is 0. The van der Waals surface area contributed by atoms with E-state index in [9.17, 15) is 9.59 Å². The van der Waals surface area contributed by atoms with Crippen molar-refractivity contribution in [1.29, 1.82) is 0 Å². The maximum absolute atomic E-state index is 11.6. The highest BCUT2D eigenvalue weighted by molar-refractivity contribution is 7.09. The summed E-state index contributed by atoms with van der Waals surface area (Å²) in [6, 6.07) is -0.906. The van der Waals surface area contributed by atoms with Crippen molar-refractivity contribution in [1.82, 2.24) is 10.3 Å². The number of aliphatic carboxylic acids is 1. The summed E-state index contributed by atoms with van der Waals surface area (Å²) in [6.07, 6.45) is 0. The lowest BCUT2D eigenvalue weighted by atomic mass is 10.2. The van der Waals surface area contributed by atoms with Crippen LogP contribution >= 0.6 is 11.3 Å². The van der Waals surface area contributed by atoms with E-state index in [0.29, 0.717) is 0 Å². The van der Waals surface area contributed by atoms with E-state index in [0.717, 1.165) is 5.01 Å². The number of nitrogens with zero attached hydrogens (tertiary/aromatic N) is 1. The molecule has 0 saturated carbocycles. The number of nitrogens with one attached hydrogen (secondary N) is 1. The van der Waals surface area contributed by atoms with E-state index in [4.69, 9.17) is 5.11 Å². The van der Waals surface area contributed by atoms with Crippen LogP contribution in [0.3, 0.4) is 0 Å². The molecule has 0 fully saturated rings. The summed E-state index contributed by atoms with van der Waals surface area (Å²) >= 11 is 1.40. The minimum Gasteiger partial charge on any atom is -0.480 e. The molecular weight excluding hydrogens is 228 g/mol. The van der Waals surface area contributed by atoms with Gasteiger partial charge in [0.1, 0.15) is 11.7 Å². The molecule has 0 bridgehead atoms. The Morgan fingerprint density at radius 3 is 2.50 bits per heavy atom. The van der Waals surface area contributed by atoms with Crippen molar-refractivity contribution < 1.29 is 14.7 Å². The van der Waals surface area contributed by atoms with Gasteiger partial charge in [0, 0.05) is 11.3 Å². The SMILES string of the molecule is CC(NC(=O)c1csc(C(C)C)n1)C(=O)O. The standard InChI is InChI=1S/C10H14N2O3S/c1-5(2)9-12-7(4-16-9)8(13)11-6(3)10(14)15/h4-6H,1-3H3,(H,11,13)(H,14,15). The molecule has 1 rings (SSSR count). The fraction of sp³-hybridized carbons (Fsp3) is 0.500. The molecule has 1 aromatic rings. The van der Waals surface area contributed by atoms with Crippen LogP contribution in [0.5, 0.6) is 0 Å². The summed E-state index contributed by atoms with van der Waals surface area (Å²) in [6.45, 7) is 5.39. The van der Waals surface area contributed by atoms with Gasteiger partial charge in [-0.3, -0.25) is 9.59 Å². The quantitative estimate of drug-likeness (QED) is 0.838. The van der Waals surface area contributed by atoms with Crippen LogP contribution < -0.4 is 5.32 Å². The van der Waals surface area contributed by atoms with Crippen LogP contribution in [0, 0.1) is 0 Å². The van der Waals surface area contributed by atoms with E-state index < -0.39 is 17.9 Å².